The lowest BCUT2D eigenvalue weighted by molar-refractivity contribution is -0.120. The van der Waals surface area contributed by atoms with Crippen molar-refractivity contribution in [2.24, 2.45) is 0 Å². The molecule has 1 heterocycles. The summed E-state index contributed by atoms with van der Waals surface area (Å²) in [5, 5.41) is 11.2. The average molecular weight is 460 g/mol. The van der Waals surface area contributed by atoms with Gasteiger partial charge in [-0.1, -0.05) is 47.5 Å². The third kappa shape index (κ3) is 5.85. The van der Waals surface area contributed by atoms with Gasteiger partial charge in [0.05, 0.1) is 28.0 Å². The Hall–Kier alpha value is -2.87. The first-order valence-corrected chi connectivity index (χ1v) is 10.6. The Balaban J connectivity index is 1.92. The zero-order valence-electron chi connectivity index (χ0n) is 17.0. The second kappa shape index (κ2) is 10.9. The average Bonchev–Trinajstić information content (AvgIpc) is 2.76. The minimum absolute atomic E-state index is 0.0720. The van der Waals surface area contributed by atoms with E-state index in [4.69, 9.17) is 23.2 Å². The van der Waals surface area contributed by atoms with Crippen molar-refractivity contribution in [1.82, 2.24) is 20.4 Å². The van der Waals surface area contributed by atoms with Gasteiger partial charge >= 0.3 is 0 Å². The van der Waals surface area contributed by atoms with Crippen LogP contribution >= 0.6 is 23.2 Å². The van der Waals surface area contributed by atoms with Crippen molar-refractivity contribution in [1.29, 1.82) is 0 Å². The van der Waals surface area contributed by atoms with E-state index in [1.54, 1.807) is 43.4 Å². The van der Waals surface area contributed by atoms with Crippen molar-refractivity contribution >= 4 is 40.6 Å². The molecule has 9 heteroatoms. The summed E-state index contributed by atoms with van der Waals surface area (Å²) in [5.74, 6) is 0.464. The van der Waals surface area contributed by atoms with Crippen LogP contribution < -0.4 is 21.1 Å². The Morgan fingerprint density at radius 2 is 1.74 bits per heavy atom. The van der Waals surface area contributed by atoms with Crippen molar-refractivity contribution < 1.29 is 4.79 Å². The lowest BCUT2D eigenvalue weighted by Crippen LogP contribution is -2.34. The largest absolute Gasteiger partial charge is 0.355 e. The third-order valence-corrected chi connectivity index (χ3v) is 5.14. The number of benzene rings is 2. The second-order valence-corrected chi connectivity index (χ2v) is 7.54. The van der Waals surface area contributed by atoms with Gasteiger partial charge in [0.2, 0.25) is 5.91 Å². The van der Waals surface area contributed by atoms with Gasteiger partial charge < -0.3 is 15.5 Å². The van der Waals surface area contributed by atoms with Crippen molar-refractivity contribution in [2.75, 3.05) is 31.6 Å². The molecule has 1 aromatic heterocycles. The van der Waals surface area contributed by atoms with Crippen LogP contribution in [0.15, 0.2) is 65.5 Å². The summed E-state index contributed by atoms with van der Waals surface area (Å²) in [4.78, 5) is 26.1. The number of nitrogens with one attached hydrogen (secondary N) is 2. The fourth-order valence-corrected chi connectivity index (χ4v) is 3.51. The Morgan fingerprint density at radius 1 is 1.03 bits per heavy atom. The topological polar surface area (TPSA) is 79.3 Å². The summed E-state index contributed by atoms with van der Waals surface area (Å²) in [6.45, 7) is 1.28. The van der Waals surface area contributed by atoms with Gasteiger partial charge in [0.1, 0.15) is 0 Å². The molecule has 0 atom stereocenters. The smallest absolute Gasteiger partial charge is 0.271 e. The first kappa shape index (κ1) is 22.8. The predicted octanol–water partition coefficient (Wildman–Crippen LogP) is 3.40. The van der Waals surface area contributed by atoms with Gasteiger partial charge in [-0.2, -0.15) is 4.68 Å². The van der Waals surface area contributed by atoms with Gasteiger partial charge in [-0.3, -0.25) is 9.59 Å². The van der Waals surface area contributed by atoms with Crippen LogP contribution in [0.25, 0.3) is 5.69 Å². The fraction of sp³-hybridized carbons (Fsp3) is 0.227. The molecule has 0 radical (unpaired) electrons. The lowest BCUT2D eigenvalue weighted by atomic mass is 10.2. The van der Waals surface area contributed by atoms with E-state index in [2.05, 4.69) is 15.7 Å². The van der Waals surface area contributed by atoms with Crippen LogP contribution in [0.3, 0.4) is 0 Å². The predicted molar refractivity (Wildman–Crippen MR) is 125 cm³/mol. The van der Waals surface area contributed by atoms with Gasteiger partial charge in [0, 0.05) is 19.2 Å². The number of anilines is 2. The van der Waals surface area contributed by atoms with Crippen LogP contribution in [0.1, 0.15) is 6.42 Å². The molecule has 0 unspecified atom stereocenters. The number of hydrogen-bond donors (Lipinski definition) is 2. The molecule has 3 aromatic rings. The number of carbonyl (C=O) groups is 1. The molecule has 0 spiro atoms. The highest BCUT2D eigenvalue weighted by Crippen LogP contribution is 2.30. The van der Waals surface area contributed by atoms with Crippen LogP contribution in [-0.4, -0.2) is 42.4 Å². The van der Waals surface area contributed by atoms with Crippen LogP contribution in [0.2, 0.25) is 10.0 Å². The van der Waals surface area contributed by atoms with E-state index >= 15 is 0 Å². The first-order valence-electron chi connectivity index (χ1n) is 9.80. The van der Waals surface area contributed by atoms with E-state index in [0.717, 1.165) is 5.69 Å². The van der Waals surface area contributed by atoms with Gasteiger partial charge in [-0.05, 0) is 43.8 Å². The summed E-state index contributed by atoms with van der Waals surface area (Å²) in [6.07, 6.45) is 0.646. The Labute approximate surface area is 190 Å². The van der Waals surface area contributed by atoms with Crippen molar-refractivity contribution in [2.45, 2.75) is 6.42 Å². The van der Waals surface area contributed by atoms with Crippen molar-refractivity contribution in [3.8, 4) is 5.69 Å². The molecule has 2 aromatic carbocycles. The highest BCUT2D eigenvalue weighted by molar-refractivity contribution is 6.33. The molecule has 0 aliphatic heterocycles. The molecule has 3 rings (SSSR count). The van der Waals surface area contributed by atoms with Crippen molar-refractivity contribution in [3.05, 3.63) is 81.1 Å². The Kier molecular flexibility index (Phi) is 8.06. The number of hydrogen-bond acceptors (Lipinski definition) is 5. The van der Waals surface area contributed by atoms with E-state index in [0.29, 0.717) is 41.1 Å². The maximum absolute atomic E-state index is 12.5. The lowest BCUT2D eigenvalue weighted by Gasteiger charge is -2.25. The molecular formula is C22H23Cl2N5O2. The van der Waals surface area contributed by atoms with Crippen LogP contribution in [0.4, 0.5) is 11.5 Å². The monoisotopic (exact) mass is 459 g/mol. The van der Waals surface area contributed by atoms with Crippen LogP contribution in [0.5, 0.6) is 0 Å². The standard InChI is InChI=1S/C22H23Cl2N5O2/c1-25-15-21(30)26-13-6-14-28(18-9-4-2-7-16(18)23)20-11-12-22(31)29(27-20)19-10-5-3-8-17(19)24/h2-5,7-12,25H,6,13-15H2,1H3,(H,26,30). The van der Waals surface area contributed by atoms with Gasteiger partial charge in [-0.25, -0.2) is 0 Å². The Morgan fingerprint density at radius 3 is 2.45 bits per heavy atom. The number of likely N-dealkylation sites (N-methyl/N-ethyl adjacent to an activating group) is 1. The van der Waals surface area contributed by atoms with Gasteiger partial charge in [0.15, 0.2) is 5.82 Å². The molecule has 0 bridgehead atoms. The van der Waals surface area contributed by atoms with E-state index < -0.39 is 0 Å². The summed E-state index contributed by atoms with van der Waals surface area (Å²) in [5.41, 5.74) is 0.951. The quantitative estimate of drug-likeness (QED) is 0.479. The van der Waals surface area contributed by atoms with Crippen LogP contribution in [-0.2, 0) is 4.79 Å². The molecule has 0 fully saturated rings. The summed E-state index contributed by atoms with van der Waals surface area (Å²) < 4.78 is 1.27. The number of halogens is 2. The zero-order valence-corrected chi connectivity index (χ0v) is 18.5. The number of carbonyl (C=O) groups excluding carboxylic acids is 1. The maximum atomic E-state index is 12.5. The molecule has 0 saturated heterocycles. The maximum Gasteiger partial charge on any atom is 0.271 e. The van der Waals surface area contributed by atoms with E-state index in [1.807, 2.05) is 23.1 Å². The minimum atomic E-state index is -0.296. The van der Waals surface area contributed by atoms with E-state index in [9.17, 15) is 9.59 Å². The highest BCUT2D eigenvalue weighted by atomic mass is 35.5. The molecular weight excluding hydrogens is 437 g/mol. The molecule has 31 heavy (non-hydrogen) atoms. The molecule has 0 aliphatic rings. The molecule has 1 amide bonds. The number of aromatic nitrogens is 2. The molecule has 0 saturated carbocycles. The Bertz CT molecular complexity index is 1100. The number of para-hydroxylation sites is 2. The number of rotatable bonds is 9. The fourth-order valence-electron chi connectivity index (χ4n) is 3.06. The zero-order chi connectivity index (χ0) is 22.2. The van der Waals surface area contributed by atoms with E-state index in [1.165, 1.54) is 10.7 Å². The third-order valence-electron chi connectivity index (χ3n) is 4.50. The highest BCUT2D eigenvalue weighted by Gasteiger charge is 2.16. The first-order chi connectivity index (χ1) is 15.0. The van der Waals surface area contributed by atoms with Crippen molar-refractivity contribution in [3.63, 3.8) is 0 Å². The normalized spacial score (nSPS) is 10.7. The SMILES string of the molecule is CNCC(=O)NCCCN(c1ccc(=O)n(-c2ccccc2Cl)n1)c1ccccc1Cl. The summed E-state index contributed by atoms with van der Waals surface area (Å²) in [7, 11) is 1.72. The number of amides is 1. The second-order valence-electron chi connectivity index (χ2n) is 6.73. The summed E-state index contributed by atoms with van der Waals surface area (Å²) in [6, 6.07) is 17.5. The summed E-state index contributed by atoms with van der Waals surface area (Å²) >= 11 is 12.7. The number of nitrogens with zero attached hydrogens (tertiary/aromatic N) is 3. The van der Waals surface area contributed by atoms with Gasteiger partial charge in [-0.15, -0.1) is 5.10 Å². The minimum Gasteiger partial charge on any atom is -0.355 e. The molecule has 0 aliphatic carbocycles. The molecule has 2 N–H and O–H groups in total. The van der Waals surface area contributed by atoms with Gasteiger partial charge in [0.25, 0.3) is 5.56 Å². The van der Waals surface area contributed by atoms with E-state index in [-0.39, 0.29) is 18.0 Å². The molecule has 162 valence electrons. The van der Waals surface area contributed by atoms with Crippen LogP contribution in [0, 0.1) is 0 Å². The molecule has 7 nitrogen and oxygen atoms in total.